The lowest BCUT2D eigenvalue weighted by molar-refractivity contribution is -0.145. The van der Waals surface area contributed by atoms with Gasteiger partial charge in [-0.1, -0.05) is 25.5 Å². The third-order valence-electron chi connectivity index (χ3n) is 5.45. The Morgan fingerprint density at radius 1 is 1.24 bits per heavy atom. The quantitative estimate of drug-likeness (QED) is 0.434. The average molecular weight is 489 g/mol. The molecule has 0 amide bonds. The minimum atomic E-state index is -3.65. The van der Waals surface area contributed by atoms with Crippen LogP contribution in [0.25, 0.3) is 11.2 Å². The van der Waals surface area contributed by atoms with Gasteiger partial charge >= 0.3 is 11.7 Å². The van der Waals surface area contributed by atoms with Gasteiger partial charge in [-0.05, 0) is 18.6 Å². The highest BCUT2D eigenvalue weighted by Crippen LogP contribution is 2.22. The number of ether oxygens (including phenoxy) is 1. The molecule has 12 nitrogen and oxygen atoms in total. The van der Waals surface area contributed by atoms with Gasteiger partial charge in [0.25, 0.3) is 15.6 Å². The van der Waals surface area contributed by atoms with Gasteiger partial charge in [-0.2, -0.15) is 0 Å². The number of aromatic nitrogens is 4. The van der Waals surface area contributed by atoms with Gasteiger partial charge in [-0.25, -0.2) is 18.2 Å². The van der Waals surface area contributed by atoms with E-state index in [1.54, 1.807) is 25.2 Å². The van der Waals surface area contributed by atoms with Crippen LogP contribution in [0.5, 0.6) is 0 Å². The predicted octanol–water partition coefficient (Wildman–Crippen LogP) is 0.395. The summed E-state index contributed by atoms with van der Waals surface area (Å²) in [5, 5.41) is 0. The van der Waals surface area contributed by atoms with Gasteiger partial charge in [-0.3, -0.25) is 28.9 Å². The Hall–Kier alpha value is -3.74. The molecule has 0 fully saturated rings. The van der Waals surface area contributed by atoms with E-state index >= 15 is 0 Å². The van der Waals surface area contributed by atoms with Crippen molar-refractivity contribution in [1.82, 2.24) is 23.8 Å². The third kappa shape index (κ3) is 4.38. The van der Waals surface area contributed by atoms with Crippen LogP contribution in [0, 0.1) is 0 Å². The summed E-state index contributed by atoms with van der Waals surface area (Å²) < 4.78 is 34.8. The first-order chi connectivity index (χ1) is 16.2. The summed E-state index contributed by atoms with van der Waals surface area (Å²) in [5.41, 5.74) is -0.171. The topological polar surface area (TPSA) is 158 Å². The fourth-order valence-electron chi connectivity index (χ4n) is 3.67. The SMILES string of the molecule is CCCCn1c(=O)[nH]c(=O)c2c1nc(COC(=O)CCN=C1NS(=O)(=O)c3ccccc31)n2C. The fourth-order valence-corrected chi connectivity index (χ4v) is 4.92. The number of esters is 1. The number of carbonyl (C=O) groups excluding carboxylic acids is 1. The summed E-state index contributed by atoms with van der Waals surface area (Å²) >= 11 is 0. The van der Waals surface area contributed by atoms with Crippen LogP contribution < -0.4 is 16.0 Å². The molecule has 4 rings (SSSR count). The number of carbonyl (C=O) groups is 1. The molecule has 3 heterocycles. The monoisotopic (exact) mass is 488 g/mol. The van der Waals surface area contributed by atoms with Gasteiger partial charge in [0.1, 0.15) is 18.3 Å². The molecule has 2 N–H and O–H groups in total. The number of H-pyrrole nitrogens is 1. The second-order valence-electron chi connectivity index (χ2n) is 7.77. The number of benzene rings is 1. The summed E-state index contributed by atoms with van der Waals surface area (Å²) in [6, 6.07) is 6.45. The second-order valence-corrected chi connectivity index (χ2v) is 9.42. The number of unbranched alkanes of at least 4 members (excludes halogenated alkanes) is 1. The van der Waals surface area contributed by atoms with E-state index in [0.717, 1.165) is 12.8 Å². The molecule has 1 aromatic carbocycles. The van der Waals surface area contributed by atoms with E-state index in [-0.39, 0.29) is 41.5 Å². The van der Waals surface area contributed by atoms with Crippen LogP contribution >= 0.6 is 0 Å². The summed E-state index contributed by atoms with van der Waals surface area (Å²) in [6.07, 6.45) is 1.52. The Labute approximate surface area is 194 Å². The Balaban J connectivity index is 1.44. The van der Waals surface area contributed by atoms with Crippen LogP contribution in [0.15, 0.2) is 43.7 Å². The van der Waals surface area contributed by atoms with Gasteiger partial charge in [0.2, 0.25) is 0 Å². The van der Waals surface area contributed by atoms with Gasteiger partial charge in [0.15, 0.2) is 11.2 Å². The molecular formula is C21H24N6O6S. The largest absolute Gasteiger partial charge is 0.457 e. The highest BCUT2D eigenvalue weighted by molar-refractivity contribution is 7.90. The lowest BCUT2D eigenvalue weighted by Gasteiger charge is -2.05. The molecule has 0 spiro atoms. The third-order valence-corrected chi connectivity index (χ3v) is 6.85. The van der Waals surface area contributed by atoms with Crippen molar-refractivity contribution in [2.24, 2.45) is 12.0 Å². The molecule has 13 heteroatoms. The highest BCUT2D eigenvalue weighted by Gasteiger charge is 2.30. The Morgan fingerprint density at radius 3 is 2.76 bits per heavy atom. The van der Waals surface area contributed by atoms with Crippen molar-refractivity contribution in [3.8, 4) is 0 Å². The number of nitrogens with one attached hydrogen (secondary N) is 2. The maximum absolute atomic E-state index is 12.3. The van der Waals surface area contributed by atoms with Crippen LogP contribution in [0.3, 0.4) is 0 Å². The number of nitrogens with zero attached hydrogens (tertiary/aromatic N) is 4. The number of sulfonamides is 1. The molecular weight excluding hydrogens is 464 g/mol. The van der Waals surface area contributed by atoms with Gasteiger partial charge in [0, 0.05) is 19.2 Å². The minimum Gasteiger partial charge on any atom is -0.457 e. The van der Waals surface area contributed by atoms with Gasteiger partial charge in [-0.15, -0.1) is 0 Å². The molecule has 0 radical (unpaired) electrons. The zero-order chi connectivity index (χ0) is 24.5. The standard InChI is InChI=1S/C21H24N6O6S/c1-3-4-11-27-19-17(20(29)24-21(27)30)26(2)15(23-19)12-33-16(28)9-10-22-18-13-7-5-6-8-14(13)34(31,32)25-18/h5-8H,3-4,9-12H2,1-2H3,(H,22,25)(H,24,29,30). The van der Waals surface area contributed by atoms with Crippen LogP contribution in [0.2, 0.25) is 0 Å². The molecule has 2 aromatic heterocycles. The molecule has 0 atom stereocenters. The summed E-state index contributed by atoms with van der Waals surface area (Å²) in [4.78, 5) is 47.7. The zero-order valence-corrected chi connectivity index (χ0v) is 19.5. The lowest BCUT2D eigenvalue weighted by Crippen LogP contribution is -2.31. The van der Waals surface area contributed by atoms with E-state index in [9.17, 15) is 22.8 Å². The molecule has 34 heavy (non-hydrogen) atoms. The lowest BCUT2D eigenvalue weighted by atomic mass is 10.2. The number of fused-ring (bicyclic) bond motifs is 2. The van der Waals surface area contributed by atoms with Gasteiger partial charge in [0.05, 0.1) is 17.9 Å². The number of rotatable bonds is 8. The summed E-state index contributed by atoms with van der Waals surface area (Å²) in [7, 11) is -2.04. The number of aromatic amines is 1. The van der Waals surface area contributed by atoms with Crippen LogP contribution in [-0.2, 0) is 39.8 Å². The van der Waals surface area contributed by atoms with Crippen LogP contribution in [-0.4, -0.2) is 45.9 Å². The molecule has 0 unspecified atom stereocenters. The molecule has 0 aliphatic carbocycles. The van der Waals surface area contributed by atoms with E-state index in [0.29, 0.717) is 17.9 Å². The molecule has 0 saturated carbocycles. The number of hydrogen-bond acceptors (Lipinski definition) is 8. The van der Waals surface area contributed by atoms with Gasteiger partial charge < -0.3 is 9.30 Å². The molecule has 0 bridgehead atoms. The van der Waals surface area contributed by atoms with E-state index in [4.69, 9.17) is 4.74 Å². The number of imidazole rings is 1. The first-order valence-electron chi connectivity index (χ1n) is 10.7. The van der Waals surface area contributed by atoms with Crippen molar-refractivity contribution >= 4 is 33.0 Å². The molecule has 1 aliphatic rings. The zero-order valence-electron chi connectivity index (χ0n) is 18.7. The Kier molecular flexibility index (Phi) is 6.37. The maximum atomic E-state index is 12.3. The van der Waals surface area contributed by atoms with Crippen molar-refractivity contribution in [3.05, 3.63) is 56.5 Å². The van der Waals surface area contributed by atoms with Crippen molar-refractivity contribution in [2.75, 3.05) is 6.54 Å². The van der Waals surface area contributed by atoms with E-state index in [1.165, 1.54) is 15.2 Å². The second kappa shape index (κ2) is 9.25. The van der Waals surface area contributed by atoms with Crippen molar-refractivity contribution in [1.29, 1.82) is 0 Å². The fraction of sp³-hybridized carbons (Fsp3) is 0.381. The first-order valence-corrected chi connectivity index (χ1v) is 12.2. The van der Waals surface area contributed by atoms with Crippen LogP contribution in [0.1, 0.15) is 37.6 Å². The van der Waals surface area contributed by atoms with Crippen molar-refractivity contribution in [2.45, 2.75) is 44.2 Å². The number of aliphatic imine (C=N–C) groups is 1. The maximum Gasteiger partial charge on any atom is 0.330 e. The smallest absolute Gasteiger partial charge is 0.330 e. The Morgan fingerprint density at radius 2 is 2.00 bits per heavy atom. The number of hydrogen-bond donors (Lipinski definition) is 2. The van der Waals surface area contributed by atoms with Crippen molar-refractivity contribution < 1.29 is 17.9 Å². The van der Waals surface area contributed by atoms with Crippen LogP contribution in [0.4, 0.5) is 0 Å². The minimum absolute atomic E-state index is 0.0176. The summed E-state index contributed by atoms with van der Waals surface area (Å²) in [5.74, 6) is -0.0700. The molecule has 3 aromatic rings. The normalized spacial score (nSPS) is 15.4. The summed E-state index contributed by atoms with van der Waals surface area (Å²) in [6.45, 7) is 2.22. The number of amidine groups is 1. The van der Waals surface area contributed by atoms with E-state index < -0.39 is 27.2 Å². The van der Waals surface area contributed by atoms with Crippen molar-refractivity contribution in [3.63, 3.8) is 0 Å². The number of aryl methyl sites for hydroxylation is 2. The van der Waals surface area contributed by atoms with E-state index in [2.05, 4.69) is 19.7 Å². The first kappa shape index (κ1) is 23.4. The average Bonchev–Trinajstić information content (AvgIpc) is 3.26. The predicted molar refractivity (Wildman–Crippen MR) is 123 cm³/mol. The highest BCUT2D eigenvalue weighted by atomic mass is 32.2. The molecule has 0 saturated heterocycles. The molecule has 1 aliphatic heterocycles. The molecule has 180 valence electrons. The van der Waals surface area contributed by atoms with E-state index in [1.807, 2.05) is 6.92 Å². The Bertz CT molecular complexity index is 1510.